The standard InChI is InChI=1S/C17H23N3O/c1-17(8-5-9-21-12-17)20-13-19-11-16(20)15(18)10-14-6-3-2-4-7-14/h2-4,6-7,11,13,15H,5,8-10,12,18H2,1H3/t15-,17?/m1/s1. The maximum absolute atomic E-state index is 6.44. The lowest BCUT2D eigenvalue weighted by atomic mass is 9.93. The summed E-state index contributed by atoms with van der Waals surface area (Å²) in [7, 11) is 0. The zero-order valence-electron chi connectivity index (χ0n) is 12.5. The summed E-state index contributed by atoms with van der Waals surface area (Å²) in [6.45, 7) is 3.82. The van der Waals surface area contributed by atoms with Crippen LogP contribution < -0.4 is 5.73 Å². The van der Waals surface area contributed by atoms with Crippen LogP contribution in [0.3, 0.4) is 0 Å². The molecule has 1 aliphatic rings. The molecular formula is C17H23N3O. The Morgan fingerprint density at radius 3 is 2.90 bits per heavy atom. The molecule has 1 unspecified atom stereocenters. The lowest BCUT2D eigenvalue weighted by molar-refractivity contribution is 0.00784. The number of ether oxygens (including phenoxy) is 1. The van der Waals surface area contributed by atoms with Crippen LogP contribution in [0.2, 0.25) is 0 Å². The van der Waals surface area contributed by atoms with Gasteiger partial charge in [-0.05, 0) is 31.7 Å². The fourth-order valence-corrected chi connectivity index (χ4v) is 3.11. The molecule has 4 nitrogen and oxygen atoms in total. The van der Waals surface area contributed by atoms with E-state index in [1.54, 1.807) is 0 Å². The van der Waals surface area contributed by atoms with E-state index in [1.807, 2.05) is 18.6 Å². The molecule has 3 rings (SSSR count). The molecule has 112 valence electrons. The van der Waals surface area contributed by atoms with Crippen molar-refractivity contribution in [2.24, 2.45) is 5.73 Å². The van der Waals surface area contributed by atoms with E-state index in [-0.39, 0.29) is 11.6 Å². The van der Waals surface area contributed by atoms with Crippen LogP contribution in [0.1, 0.15) is 37.1 Å². The van der Waals surface area contributed by atoms with E-state index < -0.39 is 0 Å². The first-order valence-electron chi connectivity index (χ1n) is 7.59. The minimum Gasteiger partial charge on any atom is -0.379 e. The van der Waals surface area contributed by atoms with Crippen molar-refractivity contribution >= 4 is 0 Å². The van der Waals surface area contributed by atoms with E-state index in [9.17, 15) is 0 Å². The Bertz CT molecular complexity index is 573. The van der Waals surface area contributed by atoms with Crippen molar-refractivity contribution in [1.29, 1.82) is 0 Å². The normalized spacial score (nSPS) is 23.9. The van der Waals surface area contributed by atoms with E-state index in [0.29, 0.717) is 0 Å². The van der Waals surface area contributed by atoms with Crippen LogP contribution in [-0.4, -0.2) is 22.8 Å². The van der Waals surface area contributed by atoms with Gasteiger partial charge in [0.1, 0.15) is 0 Å². The van der Waals surface area contributed by atoms with Crippen molar-refractivity contribution in [2.75, 3.05) is 13.2 Å². The summed E-state index contributed by atoms with van der Waals surface area (Å²) < 4.78 is 7.89. The maximum atomic E-state index is 6.44. The third kappa shape index (κ3) is 3.01. The van der Waals surface area contributed by atoms with Gasteiger partial charge in [-0.1, -0.05) is 30.3 Å². The second-order valence-corrected chi connectivity index (χ2v) is 6.14. The second kappa shape index (κ2) is 6.00. The number of rotatable bonds is 4. The van der Waals surface area contributed by atoms with Crippen molar-refractivity contribution in [1.82, 2.24) is 9.55 Å². The largest absolute Gasteiger partial charge is 0.379 e. The number of aromatic nitrogens is 2. The molecule has 1 fully saturated rings. The molecule has 2 aromatic rings. The number of imidazole rings is 1. The summed E-state index contributed by atoms with van der Waals surface area (Å²) in [5.41, 5.74) is 8.75. The van der Waals surface area contributed by atoms with Crippen molar-refractivity contribution in [3.63, 3.8) is 0 Å². The van der Waals surface area contributed by atoms with Crippen molar-refractivity contribution in [3.05, 3.63) is 54.1 Å². The third-order valence-corrected chi connectivity index (χ3v) is 4.34. The van der Waals surface area contributed by atoms with Crippen molar-refractivity contribution in [2.45, 2.75) is 37.8 Å². The molecule has 2 atom stereocenters. The molecule has 1 aliphatic heterocycles. The van der Waals surface area contributed by atoms with Crippen LogP contribution in [0.15, 0.2) is 42.9 Å². The van der Waals surface area contributed by atoms with Crippen molar-refractivity contribution in [3.8, 4) is 0 Å². The highest BCUT2D eigenvalue weighted by atomic mass is 16.5. The Morgan fingerprint density at radius 2 is 2.19 bits per heavy atom. The zero-order valence-corrected chi connectivity index (χ0v) is 12.5. The van der Waals surface area contributed by atoms with Gasteiger partial charge in [0.2, 0.25) is 0 Å². The van der Waals surface area contributed by atoms with Crippen molar-refractivity contribution < 1.29 is 4.74 Å². The van der Waals surface area contributed by atoms with E-state index in [4.69, 9.17) is 10.5 Å². The third-order valence-electron chi connectivity index (χ3n) is 4.34. The van der Waals surface area contributed by atoms with E-state index >= 15 is 0 Å². The van der Waals surface area contributed by atoms with E-state index in [2.05, 4.69) is 40.7 Å². The quantitative estimate of drug-likeness (QED) is 0.939. The monoisotopic (exact) mass is 285 g/mol. The van der Waals surface area contributed by atoms with Crippen LogP contribution in [0.25, 0.3) is 0 Å². The number of hydrogen-bond acceptors (Lipinski definition) is 3. The maximum Gasteiger partial charge on any atom is 0.0954 e. The summed E-state index contributed by atoms with van der Waals surface area (Å²) >= 11 is 0. The molecule has 1 aromatic heterocycles. The van der Waals surface area contributed by atoms with Gasteiger partial charge in [-0.3, -0.25) is 0 Å². The Morgan fingerprint density at radius 1 is 1.38 bits per heavy atom. The SMILES string of the molecule is CC1(n2cncc2[C@H](N)Cc2ccccc2)CCCOC1. The first-order chi connectivity index (χ1) is 10.2. The minimum atomic E-state index is -0.0475. The van der Waals surface area contributed by atoms with Gasteiger partial charge in [0.25, 0.3) is 0 Å². The number of nitrogens with two attached hydrogens (primary N) is 1. The van der Waals surface area contributed by atoms with Gasteiger partial charge in [-0.15, -0.1) is 0 Å². The lowest BCUT2D eigenvalue weighted by Crippen LogP contribution is -2.40. The van der Waals surface area contributed by atoms with Crippen LogP contribution >= 0.6 is 0 Å². The van der Waals surface area contributed by atoms with Gasteiger partial charge < -0.3 is 15.0 Å². The lowest BCUT2D eigenvalue weighted by Gasteiger charge is -2.36. The molecule has 0 amide bonds. The molecule has 0 spiro atoms. The summed E-state index contributed by atoms with van der Waals surface area (Å²) in [4.78, 5) is 4.33. The Balaban J connectivity index is 1.81. The average molecular weight is 285 g/mol. The highest BCUT2D eigenvalue weighted by Gasteiger charge is 2.32. The van der Waals surface area contributed by atoms with Crippen LogP contribution in [0.5, 0.6) is 0 Å². The van der Waals surface area contributed by atoms with Crippen LogP contribution in [0, 0.1) is 0 Å². The average Bonchev–Trinajstić information content (AvgIpc) is 2.99. The molecular weight excluding hydrogens is 262 g/mol. The van der Waals surface area contributed by atoms with Gasteiger partial charge in [0.05, 0.1) is 30.2 Å². The highest BCUT2D eigenvalue weighted by Crippen LogP contribution is 2.30. The minimum absolute atomic E-state index is 0.0294. The van der Waals surface area contributed by atoms with Gasteiger partial charge in [-0.2, -0.15) is 0 Å². The predicted molar refractivity (Wildman–Crippen MR) is 83.0 cm³/mol. The Labute approximate surface area is 125 Å². The van der Waals surface area contributed by atoms with Gasteiger partial charge >= 0.3 is 0 Å². The van der Waals surface area contributed by atoms with Crippen LogP contribution in [-0.2, 0) is 16.7 Å². The zero-order chi connectivity index (χ0) is 14.7. The van der Waals surface area contributed by atoms with Gasteiger partial charge in [0, 0.05) is 12.8 Å². The molecule has 1 aromatic carbocycles. The number of hydrogen-bond donors (Lipinski definition) is 1. The number of benzene rings is 1. The molecule has 1 saturated heterocycles. The summed E-state index contributed by atoms with van der Waals surface area (Å²) in [6.07, 6.45) is 6.81. The Hall–Kier alpha value is -1.65. The fraction of sp³-hybridized carbons (Fsp3) is 0.471. The van der Waals surface area contributed by atoms with E-state index in [0.717, 1.165) is 38.2 Å². The highest BCUT2D eigenvalue weighted by molar-refractivity contribution is 5.19. The molecule has 0 radical (unpaired) electrons. The molecule has 2 N–H and O–H groups in total. The first kappa shape index (κ1) is 14.3. The van der Waals surface area contributed by atoms with E-state index in [1.165, 1.54) is 5.56 Å². The second-order valence-electron chi connectivity index (χ2n) is 6.14. The molecule has 0 aliphatic carbocycles. The summed E-state index contributed by atoms with van der Waals surface area (Å²) in [5, 5.41) is 0. The molecule has 4 heteroatoms. The molecule has 2 heterocycles. The number of nitrogens with zero attached hydrogens (tertiary/aromatic N) is 2. The van der Waals surface area contributed by atoms with Gasteiger partial charge in [-0.25, -0.2) is 4.98 Å². The summed E-state index contributed by atoms with van der Waals surface area (Å²) in [6, 6.07) is 10.3. The molecule has 0 saturated carbocycles. The summed E-state index contributed by atoms with van der Waals surface area (Å²) in [5.74, 6) is 0. The predicted octanol–water partition coefficient (Wildman–Crippen LogP) is 2.65. The fourth-order valence-electron chi connectivity index (χ4n) is 3.11. The molecule has 0 bridgehead atoms. The van der Waals surface area contributed by atoms with Crippen LogP contribution in [0.4, 0.5) is 0 Å². The smallest absolute Gasteiger partial charge is 0.0954 e. The topological polar surface area (TPSA) is 53.1 Å². The first-order valence-corrected chi connectivity index (χ1v) is 7.59. The Kier molecular flexibility index (Phi) is 4.08. The molecule has 21 heavy (non-hydrogen) atoms. The van der Waals surface area contributed by atoms with Gasteiger partial charge in [0.15, 0.2) is 0 Å².